The zero-order valence-corrected chi connectivity index (χ0v) is 13.1. The second-order valence-corrected chi connectivity index (χ2v) is 5.81. The van der Waals surface area contributed by atoms with Crippen molar-refractivity contribution < 1.29 is 9.47 Å². The fraction of sp³-hybridized carbons (Fsp3) is 0.579. The van der Waals surface area contributed by atoms with Gasteiger partial charge in [0.2, 0.25) is 0 Å². The van der Waals surface area contributed by atoms with Crippen LogP contribution in [0, 0.1) is 0 Å². The second kappa shape index (κ2) is 9.62. The lowest BCUT2D eigenvalue weighted by molar-refractivity contribution is -0.0868. The highest BCUT2D eigenvalue weighted by atomic mass is 16.7. The van der Waals surface area contributed by atoms with Gasteiger partial charge in [-0.3, -0.25) is 0 Å². The monoisotopic (exact) mass is 288 g/mol. The van der Waals surface area contributed by atoms with E-state index in [2.05, 4.69) is 6.58 Å². The van der Waals surface area contributed by atoms with Crippen molar-refractivity contribution in [2.75, 3.05) is 6.61 Å². The van der Waals surface area contributed by atoms with E-state index in [-0.39, 0.29) is 6.29 Å². The van der Waals surface area contributed by atoms with Crippen molar-refractivity contribution in [1.82, 2.24) is 0 Å². The second-order valence-electron chi connectivity index (χ2n) is 5.81. The zero-order chi connectivity index (χ0) is 14.8. The van der Waals surface area contributed by atoms with Crippen LogP contribution < -0.4 is 4.74 Å². The van der Waals surface area contributed by atoms with Crippen LogP contribution in [0.2, 0.25) is 0 Å². The normalized spacial score (nSPS) is 21.8. The molecule has 2 rings (SSSR count). The molecule has 0 amide bonds. The molecular weight excluding hydrogens is 260 g/mol. The van der Waals surface area contributed by atoms with E-state index < -0.39 is 0 Å². The predicted molar refractivity (Wildman–Crippen MR) is 88.5 cm³/mol. The summed E-state index contributed by atoms with van der Waals surface area (Å²) in [6.07, 6.45) is 13.1. The number of hydrogen-bond acceptors (Lipinski definition) is 2. The summed E-state index contributed by atoms with van der Waals surface area (Å²) in [4.78, 5) is 0. The average molecular weight is 288 g/mol. The van der Waals surface area contributed by atoms with E-state index in [0.717, 1.165) is 30.8 Å². The van der Waals surface area contributed by atoms with Gasteiger partial charge in [0.05, 0.1) is 6.61 Å². The highest BCUT2D eigenvalue weighted by Gasteiger charge is 2.11. The Balaban J connectivity index is 1.85. The lowest BCUT2D eigenvalue weighted by Crippen LogP contribution is -2.21. The molecule has 0 radical (unpaired) electrons. The van der Waals surface area contributed by atoms with Crippen LogP contribution in [0.15, 0.2) is 30.8 Å². The van der Waals surface area contributed by atoms with Gasteiger partial charge in [0, 0.05) is 6.42 Å². The maximum absolute atomic E-state index is 6.00. The van der Waals surface area contributed by atoms with Gasteiger partial charge in [-0.05, 0) is 30.5 Å². The molecule has 0 aromatic heterocycles. The summed E-state index contributed by atoms with van der Waals surface area (Å²) < 4.78 is 11.9. The minimum atomic E-state index is -0.0981. The van der Waals surface area contributed by atoms with Crippen LogP contribution >= 0.6 is 0 Å². The predicted octanol–water partition coefficient (Wildman–Crippen LogP) is 5.58. The van der Waals surface area contributed by atoms with E-state index in [4.69, 9.17) is 9.47 Å². The average Bonchev–Trinajstić information content (AvgIpc) is 2.51. The maximum Gasteiger partial charge on any atom is 0.199 e. The lowest BCUT2D eigenvalue weighted by atomic mass is 10.1. The first-order valence-electron chi connectivity index (χ1n) is 8.39. The van der Waals surface area contributed by atoms with Crippen LogP contribution in [-0.4, -0.2) is 12.9 Å². The molecule has 1 unspecified atom stereocenters. The van der Waals surface area contributed by atoms with Gasteiger partial charge in [0.15, 0.2) is 6.29 Å². The van der Waals surface area contributed by atoms with Gasteiger partial charge in [-0.2, -0.15) is 0 Å². The Hall–Kier alpha value is -1.28. The van der Waals surface area contributed by atoms with Gasteiger partial charge >= 0.3 is 0 Å². The van der Waals surface area contributed by atoms with Crippen molar-refractivity contribution in [2.24, 2.45) is 0 Å². The largest absolute Gasteiger partial charge is 0.465 e. The third kappa shape index (κ3) is 6.34. The van der Waals surface area contributed by atoms with Crippen LogP contribution in [0.1, 0.15) is 63.4 Å². The Labute approximate surface area is 129 Å². The third-order valence-corrected chi connectivity index (χ3v) is 4.02. The van der Waals surface area contributed by atoms with E-state index in [1.165, 1.54) is 44.9 Å². The SMILES string of the molecule is C=Cc1ccc(OC2CCCCCCCCCCO2)cc1. The molecule has 2 nitrogen and oxygen atoms in total. The number of rotatable bonds is 3. The molecule has 0 N–H and O–H groups in total. The molecule has 0 bridgehead atoms. The van der Waals surface area contributed by atoms with Crippen molar-refractivity contribution in [3.63, 3.8) is 0 Å². The van der Waals surface area contributed by atoms with Crippen LogP contribution in [0.25, 0.3) is 6.08 Å². The number of ether oxygens (including phenoxy) is 2. The summed E-state index contributed by atoms with van der Waals surface area (Å²) in [6.45, 7) is 4.58. The summed E-state index contributed by atoms with van der Waals surface area (Å²) in [5, 5.41) is 0. The standard InChI is InChI=1S/C19H28O2/c1-2-17-12-14-18(15-13-17)21-19-11-9-7-5-3-4-6-8-10-16-20-19/h2,12-15,19H,1,3-11,16H2. The Morgan fingerprint density at radius 2 is 1.52 bits per heavy atom. The first kappa shape index (κ1) is 16.1. The van der Waals surface area contributed by atoms with Gasteiger partial charge in [-0.1, -0.05) is 63.3 Å². The fourth-order valence-electron chi connectivity index (χ4n) is 2.70. The van der Waals surface area contributed by atoms with Gasteiger partial charge in [-0.15, -0.1) is 0 Å². The quantitative estimate of drug-likeness (QED) is 0.723. The molecule has 21 heavy (non-hydrogen) atoms. The fourth-order valence-corrected chi connectivity index (χ4v) is 2.70. The first-order valence-corrected chi connectivity index (χ1v) is 8.39. The van der Waals surface area contributed by atoms with E-state index in [9.17, 15) is 0 Å². The molecule has 0 aliphatic carbocycles. The third-order valence-electron chi connectivity index (χ3n) is 4.02. The first-order chi connectivity index (χ1) is 10.4. The number of benzene rings is 1. The summed E-state index contributed by atoms with van der Waals surface area (Å²) in [5.74, 6) is 0.887. The lowest BCUT2D eigenvalue weighted by Gasteiger charge is -2.20. The molecule has 0 spiro atoms. The molecule has 1 heterocycles. The Morgan fingerprint density at radius 1 is 0.905 bits per heavy atom. The van der Waals surface area contributed by atoms with Crippen molar-refractivity contribution >= 4 is 6.08 Å². The zero-order valence-electron chi connectivity index (χ0n) is 13.1. The van der Waals surface area contributed by atoms with Crippen molar-refractivity contribution in [2.45, 2.75) is 64.1 Å². The topological polar surface area (TPSA) is 18.5 Å². The molecule has 2 heteroatoms. The van der Waals surface area contributed by atoms with Crippen molar-refractivity contribution in [3.8, 4) is 5.75 Å². The summed E-state index contributed by atoms with van der Waals surface area (Å²) >= 11 is 0. The van der Waals surface area contributed by atoms with Gasteiger partial charge < -0.3 is 9.47 Å². The van der Waals surface area contributed by atoms with Crippen LogP contribution in [-0.2, 0) is 4.74 Å². The molecule has 1 aliphatic rings. The van der Waals surface area contributed by atoms with Crippen LogP contribution in [0.5, 0.6) is 5.75 Å². The highest BCUT2D eigenvalue weighted by Crippen LogP contribution is 2.19. The molecule has 1 aromatic carbocycles. The Kier molecular flexibility index (Phi) is 7.37. The highest BCUT2D eigenvalue weighted by molar-refractivity contribution is 5.48. The molecule has 1 saturated heterocycles. The van der Waals surface area contributed by atoms with Crippen LogP contribution in [0.3, 0.4) is 0 Å². The smallest absolute Gasteiger partial charge is 0.199 e. The summed E-state index contributed by atoms with van der Waals surface area (Å²) in [5.41, 5.74) is 1.11. The molecular formula is C19H28O2. The minimum Gasteiger partial charge on any atom is -0.465 e. The van der Waals surface area contributed by atoms with Crippen molar-refractivity contribution in [1.29, 1.82) is 0 Å². The van der Waals surface area contributed by atoms with E-state index in [0.29, 0.717) is 0 Å². The summed E-state index contributed by atoms with van der Waals surface area (Å²) in [6, 6.07) is 8.04. The molecule has 1 aliphatic heterocycles. The van der Waals surface area contributed by atoms with E-state index in [1.807, 2.05) is 30.3 Å². The van der Waals surface area contributed by atoms with Gasteiger partial charge in [0.25, 0.3) is 0 Å². The Bertz CT molecular complexity index is 385. The molecule has 0 saturated carbocycles. The molecule has 1 aromatic rings. The number of hydrogen-bond donors (Lipinski definition) is 0. The van der Waals surface area contributed by atoms with Crippen molar-refractivity contribution in [3.05, 3.63) is 36.4 Å². The minimum absolute atomic E-state index is 0.0981. The summed E-state index contributed by atoms with van der Waals surface area (Å²) in [7, 11) is 0. The van der Waals surface area contributed by atoms with Gasteiger partial charge in [0.1, 0.15) is 5.75 Å². The Morgan fingerprint density at radius 3 is 2.19 bits per heavy atom. The molecule has 1 atom stereocenters. The van der Waals surface area contributed by atoms with E-state index >= 15 is 0 Å². The van der Waals surface area contributed by atoms with Crippen LogP contribution in [0.4, 0.5) is 0 Å². The molecule has 1 fully saturated rings. The maximum atomic E-state index is 6.00. The van der Waals surface area contributed by atoms with E-state index in [1.54, 1.807) is 0 Å². The van der Waals surface area contributed by atoms with Gasteiger partial charge in [-0.25, -0.2) is 0 Å². The molecule has 116 valence electrons.